The molecule has 1 fully saturated rings. The first kappa shape index (κ1) is 17.3. The van der Waals surface area contributed by atoms with Crippen LogP contribution in [-0.2, 0) is 17.7 Å². The number of amides is 1. The van der Waals surface area contributed by atoms with Crippen LogP contribution in [0.25, 0.3) is 0 Å². The van der Waals surface area contributed by atoms with Crippen molar-refractivity contribution in [2.24, 2.45) is 11.7 Å². The van der Waals surface area contributed by atoms with Crippen LogP contribution in [0.15, 0.2) is 24.3 Å². The monoisotopic (exact) mass is 315 g/mol. The number of carbonyl (C=O) groups is 1. The molecule has 0 aromatic heterocycles. The maximum atomic E-state index is 12.3. The fourth-order valence-corrected chi connectivity index (χ4v) is 2.89. The third-order valence-corrected chi connectivity index (χ3v) is 4.16. The average Bonchev–Trinajstić information content (AvgIpc) is 2.54. The zero-order valence-electron chi connectivity index (χ0n) is 13.9. The molecule has 5 heteroatoms. The van der Waals surface area contributed by atoms with Gasteiger partial charge in [0.05, 0.1) is 6.07 Å². The predicted molar refractivity (Wildman–Crippen MR) is 88.5 cm³/mol. The molecule has 1 aliphatic heterocycles. The van der Waals surface area contributed by atoms with E-state index in [9.17, 15) is 4.79 Å². The van der Waals surface area contributed by atoms with E-state index < -0.39 is 5.60 Å². The second kappa shape index (κ2) is 7.47. The molecule has 0 spiro atoms. The summed E-state index contributed by atoms with van der Waals surface area (Å²) >= 11 is 0. The van der Waals surface area contributed by atoms with E-state index in [1.165, 1.54) is 0 Å². The highest BCUT2D eigenvalue weighted by atomic mass is 16.6. The SMILES string of the molecule is CC(C)(Cc1cccc(CN)c1)OC(=O)N1CCC(C#N)CC1. The molecule has 0 unspecified atom stereocenters. The maximum absolute atomic E-state index is 12.3. The number of likely N-dealkylation sites (tertiary alicyclic amines) is 1. The Hall–Kier alpha value is -2.06. The van der Waals surface area contributed by atoms with E-state index >= 15 is 0 Å². The van der Waals surface area contributed by atoms with Crippen LogP contribution < -0.4 is 5.73 Å². The Kier molecular flexibility index (Phi) is 5.62. The van der Waals surface area contributed by atoms with Crippen molar-refractivity contribution >= 4 is 6.09 Å². The van der Waals surface area contributed by atoms with Gasteiger partial charge in [0.1, 0.15) is 5.60 Å². The Bertz CT molecular complexity index is 584. The third kappa shape index (κ3) is 4.97. The molecule has 2 N–H and O–H groups in total. The minimum Gasteiger partial charge on any atom is -0.443 e. The molecule has 5 nitrogen and oxygen atoms in total. The zero-order chi connectivity index (χ0) is 16.9. The highest BCUT2D eigenvalue weighted by Crippen LogP contribution is 2.22. The smallest absolute Gasteiger partial charge is 0.410 e. The van der Waals surface area contributed by atoms with Crippen molar-refractivity contribution < 1.29 is 9.53 Å². The van der Waals surface area contributed by atoms with Gasteiger partial charge in [0.25, 0.3) is 0 Å². The summed E-state index contributed by atoms with van der Waals surface area (Å²) in [5.74, 6) is 0.0612. The van der Waals surface area contributed by atoms with E-state index in [1.54, 1.807) is 4.90 Å². The second-order valence-corrected chi connectivity index (χ2v) is 6.72. The van der Waals surface area contributed by atoms with Crippen LogP contribution in [0.2, 0.25) is 0 Å². The van der Waals surface area contributed by atoms with Crippen molar-refractivity contribution in [1.29, 1.82) is 5.26 Å². The fourth-order valence-electron chi connectivity index (χ4n) is 2.89. The van der Waals surface area contributed by atoms with E-state index in [1.807, 2.05) is 38.1 Å². The first-order valence-electron chi connectivity index (χ1n) is 8.09. The molecule has 124 valence electrons. The van der Waals surface area contributed by atoms with Gasteiger partial charge in [-0.1, -0.05) is 24.3 Å². The molecule has 2 rings (SSSR count). The summed E-state index contributed by atoms with van der Waals surface area (Å²) in [7, 11) is 0. The van der Waals surface area contributed by atoms with E-state index in [0.29, 0.717) is 26.1 Å². The number of hydrogen-bond acceptors (Lipinski definition) is 4. The van der Waals surface area contributed by atoms with E-state index in [2.05, 4.69) is 6.07 Å². The molecule has 0 radical (unpaired) electrons. The number of ether oxygens (including phenoxy) is 1. The summed E-state index contributed by atoms with van der Waals surface area (Å²) in [5, 5.41) is 8.92. The van der Waals surface area contributed by atoms with Crippen LogP contribution in [-0.4, -0.2) is 29.7 Å². The number of hydrogen-bond donors (Lipinski definition) is 1. The molecule has 1 amide bonds. The molecule has 0 saturated carbocycles. The molecular weight excluding hydrogens is 290 g/mol. The van der Waals surface area contributed by atoms with Crippen LogP contribution in [0, 0.1) is 17.2 Å². The predicted octanol–water partition coefficient (Wildman–Crippen LogP) is 2.84. The largest absolute Gasteiger partial charge is 0.443 e. The van der Waals surface area contributed by atoms with Crippen LogP contribution in [0.5, 0.6) is 0 Å². The fraction of sp³-hybridized carbons (Fsp3) is 0.556. The van der Waals surface area contributed by atoms with Gasteiger partial charge in [0.2, 0.25) is 0 Å². The second-order valence-electron chi connectivity index (χ2n) is 6.72. The van der Waals surface area contributed by atoms with Gasteiger partial charge in [-0.25, -0.2) is 4.79 Å². The number of nitrogens with zero attached hydrogens (tertiary/aromatic N) is 2. The first-order chi connectivity index (χ1) is 10.9. The lowest BCUT2D eigenvalue weighted by Gasteiger charge is -2.33. The molecular formula is C18H25N3O2. The van der Waals surface area contributed by atoms with Gasteiger partial charge in [-0.3, -0.25) is 0 Å². The molecule has 0 aliphatic carbocycles. The van der Waals surface area contributed by atoms with Crippen LogP contribution in [0.3, 0.4) is 0 Å². The quantitative estimate of drug-likeness (QED) is 0.926. The van der Waals surface area contributed by atoms with Crippen LogP contribution >= 0.6 is 0 Å². The Morgan fingerprint density at radius 2 is 2.04 bits per heavy atom. The summed E-state index contributed by atoms with van der Waals surface area (Å²) in [6.07, 6.45) is 1.80. The molecule has 1 aliphatic rings. The lowest BCUT2D eigenvalue weighted by molar-refractivity contribution is 0.00939. The summed E-state index contributed by atoms with van der Waals surface area (Å²) in [4.78, 5) is 14.0. The van der Waals surface area contributed by atoms with Crippen molar-refractivity contribution in [2.75, 3.05) is 13.1 Å². The van der Waals surface area contributed by atoms with Gasteiger partial charge < -0.3 is 15.4 Å². The van der Waals surface area contributed by atoms with Gasteiger partial charge in [-0.2, -0.15) is 5.26 Å². The first-order valence-corrected chi connectivity index (χ1v) is 8.09. The standard InChI is InChI=1S/C18H25N3O2/c1-18(2,11-15-4-3-5-16(10-15)13-20)23-17(22)21-8-6-14(12-19)7-9-21/h3-5,10,14H,6-9,11,13,20H2,1-2H3. The molecule has 23 heavy (non-hydrogen) atoms. The van der Waals surface area contributed by atoms with Crippen LogP contribution in [0.4, 0.5) is 4.79 Å². The summed E-state index contributed by atoms with van der Waals surface area (Å²) in [6.45, 7) is 5.53. The van der Waals surface area contributed by atoms with E-state index in [4.69, 9.17) is 15.7 Å². The molecule has 1 saturated heterocycles. The van der Waals surface area contributed by atoms with Gasteiger partial charge >= 0.3 is 6.09 Å². The number of nitrogens with two attached hydrogens (primary N) is 1. The van der Waals surface area contributed by atoms with Crippen molar-refractivity contribution in [3.05, 3.63) is 35.4 Å². The molecule has 0 atom stereocenters. The highest BCUT2D eigenvalue weighted by molar-refractivity contribution is 5.68. The maximum Gasteiger partial charge on any atom is 0.410 e. The Labute approximate surface area is 138 Å². The van der Waals surface area contributed by atoms with Crippen LogP contribution in [0.1, 0.15) is 37.8 Å². The Balaban J connectivity index is 1.92. The van der Waals surface area contributed by atoms with Crippen molar-refractivity contribution in [3.8, 4) is 6.07 Å². The summed E-state index contributed by atoms with van der Waals surface area (Å²) in [6, 6.07) is 10.3. The number of piperidine rings is 1. The molecule has 1 aromatic carbocycles. The topological polar surface area (TPSA) is 79.3 Å². The van der Waals surface area contributed by atoms with Crippen molar-refractivity contribution in [1.82, 2.24) is 4.90 Å². The lowest BCUT2D eigenvalue weighted by atomic mass is 9.97. The molecule has 1 heterocycles. The van der Waals surface area contributed by atoms with Gasteiger partial charge in [-0.05, 0) is 37.8 Å². The van der Waals surface area contributed by atoms with E-state index in [-0.39, 0.29) is 12.0 Å². The van der Waals surface area contributed by atoms with Crippen molar-refractivity contribution in [2.45, 2.75) is 45.3 Å². The average molecular weight is 315 g/mol. The summed E-state index contributed by atoms with van der Waals surface area (Å²) < 4.78 is 5.70. The number of rotatable bonds is 4. The zero-order valence-corrected chi connectivity index (χ0v) is 13.9. The molecule has 1 aromatic rings. The highest BCUT2D eigenvalue weighted by Gasteiger charge is 2.29. The van der Waals surface area contributed by atoms with Gasteiger partial charge in [-0.15, -0.1) is 0 Å². The van der Waals surface area contributed by atoms with E-state index in [0.717, 1.165) is 24.0 Å². The Morgan fingerprint density at radius 1 is 1.39 bits per heavy atom. The Morgan fingerprint density at radius 3 is 2.65 bits per heavy atom. The lowest BCUT2D eigenvalue weighted by Crippen LogP contribution is -2.43. The minimum absolute atomic E-state index is 0.0612. The summed E-state index contributed by atoms with van der Waals surface area (Å²) in [5.41, 5.74) is 7.26. The number of carbonyl (C=O) groups excluding carboxylic acids is 1. The number of nitriles is 1. The minimum atomic E-state index is -0.587. The van der Waals surface area contributed by atoms with Crippen molar-refractivity contribution in [3.63, 3.8) is 0 Å². The van der Waals surface area contributed by atoms with Gasteiger partial charge in [0.15, 0.2) is 0 Å². The normalized spacial score (nSPS) is 16.0. The number of benzene rings is 1. The molecule has 0 bridgehead atoms. The van der Waals surface area contributed by atoms with Gasteiger partial charge in [0, 0.05) is 32.0 Å². The third-order valence-electron chi connectivity index (χ3n) is 4.16.